The second-order valence-corrected chi connectivity index (χ2v) is 7.19. The molecule has 0 aliphatic carbocycles. The molecule has 1 saturated heterocycles. The number of nitrogens with zero attached hydrogens (tertiary/aromatic N) is 3. The van der Waals surface area contributed by atoms with Gasteiger partial charge in [0, 0.05) is 43.4 Å². The number of likely N-dealkylation sites (tertiary alicyclic amines) is 1. The third kappa shape index (κ3) is 4.88. The minimum atomic E-state index is 0.0374. The number of hydrogen-bond donors (Lipinski definition) is 1. The van der Waals surface area contributed by atoms with Crippen molar-refractivity contribution in [2.75, 3.05) is 26.2 Å². The van der Waals surface area contributed by atoms with E-state index in [0.29, 0.717) is 31.2 Å². The summed E-state index contributed by atoms with van der Waals surface area (Å²) in [6.45, 7) is 6.21. The van der Waals surface area contributed by atoms with Crippen LogP contribution in [0.2, 0.25) is 0 Å². The largest absolute Gasteiger partial charge is 0.421 e. The van der Waals surface area contributed by atoms with E-state index in [1.165, 1.54) is 12.8 Å². The van der Waals surface area contributed by atoms with Crippen molar-refractivity contribution in [1.29, 1.82) is 0 Å². The number of hydrogen-bond acceptors (Lipinski definition) is 6. The number of carbonyl (C=O) groups excluding carboxylic acids is 1. The Balaban J connectivity index is 1.35. The van der Waals surface area contributed by atoms with Gasteiger partial charge in [-0.25, -0.2) is 0 Å². The van der Waals surface area contributed by atoms with Crippen LogP contribution in [0.1, 0.15) is 32.1 Å². The van der Waals surface area contributed by atoms with Crippen molar-refractivity contribution in [2.24, 2.45) is 5.92 Å². The van der Waals surface area contributed by atoms with Crippen molar-refractivity contribution in [3.63, 3.8) is 0 Å². The van der Waals surface area contributed by atoms with Crippen LogP contribution < -0.4 is 5.32 Å². The summed E-state index contributed by atoms with van der Waals surface area (Å²) in [6.07, 6.45) is 3.44. The van der Waals surface area contributed by atoms with Gasteiger partial charge >= 0.3 is 0 Å². The fourth-order valence-electron chi connectivity index (χ4n) is 3.01. The van der Waals surface area contributed by atoms with Crippen LogP contribution in [0.15, 0.2) is 21.2 Å². The van der Waals surface area contributed by atoms with Gasteiger partial charge in [-0.3, -0.25) is 4.79 Å². The maximum absolute atomic E-state index is 11.9. The fraction of sp³-hybridized carbons (Fsp3) is 0.588. The summed E-state index contributed by atoms with van der Waals surface area (Å²) in [7, 11) is 0. The second-order valence-electron chi connectivity index (χ2n) is 6.41. The molecule has 7 heteroatoms. The molecular formula is C17H24N4O2S. The Morgan fingerprint density at radius 1 is 1.50 bits per heavy atom. The molecule has 1 atom stereocenters. The van der Waals surface area contributed by atoms with Gasteiger partial charge in [0.25, 0.3) is 0 Å². The van der Waals surface area contributed by atoms with E-state index in [-0.39, 0.29) is 5.91 Å². The summed E-state index contributed by atoms with van der Waals surface area (Å²) in [5, 5.41) is 14.9. The maximum Gasteiger partial charge on any atom is 0.248 e. The predicted octanol–water partition coefficient (Wildman–Crippen LogP) is 2.58. The molecule has 0 unspecified atom stereocenters. The average Bonchev–Trinajstić information content (AvgIpc) is 3.24. The first-order valence-corrected chi connectivity index (χ1v) is 9.49. The number of nitrogens with one attached hydrogen (secondary N) is 1. The topological polar surface area (TPSA) is 71.3 Å². The van der Waals surface area contributed by atoms with Gasteiger partial charge in [-0.15, -0.1) is 10.2 Å². The molecule has 1 amide bonds. The molecule has 130 valence electrons. The SMILES string of the molecule is C[C@@H]1CCCN(CCNC(=O)CCc2nnc(-c3ccsc3)o2)C1. The standard InChI is InChI=1S/C17H24N4O2S/c1-13-3-2-8-21(11-13)9-7-18-15(22)4-5-16-19-20-17(23-16)14-6-10-24-12-14/h6,10,12-13H,2-5,7-9,11H2,1H3,(H,18,22)/t13-/m1/s1. The normalized spacial score (nSPS) is 18.6. The van der Waals surface area contributed by atoms with E-state index in [2.05, 4.69) is 27.3 Å². The highest BCUT2D eigenvalue weighted by atomic mass is 32.1. The van der Waals surface area contributed by atoms with E-state index >= 15 is 0 Å². The zero-order valence-corrected chi connectivity index (χ0v) is 14.8. The summed E-state index contributed by atoms with van der Waals surface area (Å²) >= 11 is 1.59. The smallest absolute Gasteiger partial charge is 0.248 e. The summed E-state index contributed by atoms with van der Waals surface area (Å²) < 4.78 is 5.59. The molecule has 3 rings (SSSR count). The second kappa shape index (κ2) is 8.39. The van der Waals surface area contributed by atoms with E-state index in [4.69, 9.17) is 4.42 Å². The van der Waals surface area contributed by atoms with Crippen molar-refractivity contribution < 1.29 is 9.21 Å². The minimum absolute atomic E-state index is 0.0374. The molecule has 0 radical (unpaired) electrons. The summed E-state index contributed by atoms with van der Waals surface area (Å²) in [4.78, 5) is 14.4. The van der Waals surface area contributed by atoms with Gasteiger partial charge in [-0.1, -0.05) is 6.92 Å². The van der Waals surface area contributed by atoms with Crippen LogP contribution in [0.25, 0.3) is 11.5 Å². The average molecular weight is 348 g/mol. The Morgan fingerprint density at radius 3 is 3.21 bits per heavy atom. The van der Waals surface area contributed by atoms with E-state index in [1.807, 2.05) is 16.8 Å². The molecule has 24 heavy (non-hydrogen) atoms. The molecule has 1 fully saturated rings. The highest BCUT2D eigenvalue weighted by Crippen LogP contribution is 2.20. The van der Waals surface area contributed by atoms with Crippen molar-refractivity contribution in [3.8, 4) is 11.5 Å². The van der Waals surface area contributed by atoms with Crippen LogP contribution in [0.5, 0.6) is 0 Å². The molecule has 2 aromatic heterocycles. The zero-order valence-electron chi connectivity index (χ0n) is 14.0. The molecule has 3 heterocycles. The molecule has 0 bridgehead atoms. The molecule has 0 spiro atoms. The molecular weight excluding hydrogens is 324 g/mol. The third-order valence-electron chi connectivity index (χ3n) is 4.29. The molecule has 1 aliphatic heterocycles. The van der Waals surface area contributed by atoms with Gasteiger partial charge in [0.05, 0.1) is 0 Å². The van der Waals surface area contributed by atoms with Crippen LogP contribution in [-0.4, -0.2) is 47.2 Å². The fourth-order valence-corrected chi connectivity index (χ4v) is 3.64. The summed E-state index contributed by atoms with van der Waals surface area (Å²) in [5.41, 5.74) is 0.930. The number of piperidine rings is 1. The maximum atomic E-state index is 11.9. The quantitative estimate of drug-likeness (QED) is 0.833. The number of carbonyl (C=O) groups is 1. The van der Waals surface area contributed by atoms with Gasteiger partial charge in [0.15, 0.2) is 0 Å². The van der Waals surface area contributed by atoms with Gasteiger partial charge in [0.2, 0.25) is 17.7 Å². The van der Waals surface area contributed by atoms with Gasteiger partial charge in [0.1, 0.15) is 0 Å². The Labute approximate surface area is 146 Å². The highest BCUT2D eigenvalue weighted by Gasteiger charge is 2.16. The van der Waals surface area contributed by atoms with Crippen LogP contribution in [0.3, 0.4) is 0 Å². The number of aromatic nitrogens is 2. The zero-order chi connectivity index (χ0) is 16.8. The molecule has 2 aromatic rings. The van der Waals surface area contributed by atoms with E-state index in [1.54, 1.807) is 11.3 Å². The summed E-state index contributed by atoms with van der Waals surface area (Å²) in [6, 6.07) is 1.94. The van der Waals surface area contributed by atoms with Crippen LogP contribution in [0, 0.1) is 5.92 Å². The number of rotatable bonds is 7. The molecule has 1 N–H and O–H groups in total. The molecule has 0 saturated carbocycles. The summed E-state index contributed by atoms with van der Waals surface area (Å²) in [5.74, 6) is 1.84. The van der Waals surface area contributed by atoms with Crippen molar-refractivity contribution in [3.05, 3.63) is 22.7 Å². The third-order valence-corrected chi connectivity index (χ3v) is 4.98. The first kappa shape index (κ1) is 17.1. The molecule has 6 nitrogen and oxygen atoms in total. The molecule has 1 aliphatic rings. The van der Waals surface area contributed by atoms with E-state index < -0.39 is 0 Å². The highest BCUT2D eigenvalue weighted by molar-refractivity contribution is 7.08. The monoisotopic (exact) mass is 348 g/mol. The van der Waals surface area contributed by atoms with Gasteiger partial charge in [-0.2, -0.15) is 11.3 Å². The molecule has 0 aromatic carbocycles. The Kier molecular flexibility index (Phi) is 5.98. The van der Waals surface area contributed by atoms with Gasteiger partial charge in [-0.05, 0) is 36.8 Å². The lowest BCUT2D eigenvalue weighted by molar-refractivity contribution is -0.121. The number of thiophene rings is 1. The minimum Gasteiger partial charge on any atom is -0.421 e. The van der Waals surface area contributed by atoms with Crippen LogP contribution in [-0.2, 0) is 11.2 Å². The van der Waals surface area contributed by atoms with Crippen LogP contribution >= 0.6 is 11.3 Å². The number of aryl methyl sites for hydroxylation is 1. The Bertz CT molecular complexity index is 641. The van der Waals surface area contributed by atoms with Gasteiger partial charge < -0.3 is 14.6 Å². The number of amides is 1. The van der Waals surface area contributed by atoms with Crippen molar-refractivity contribution in [2.45, 2.75) is 32.6 Å². The van der Waals surface area contributed by atoms with Crippen molar-refractivity contribution >= 4 is 17.2 Å². The lowest BCUT2D eigenvalue weighted by Crippen LogP contribution is -2.40. The lowest BCUT2D eigenvalue weighted by atomic mass is 10.0. The first-order chi connectivity index (χ1) is 11.7. The lowest BCUT2D eigenvalue weighted by Gasteiger charge is -2.30. The van der Waals surface area contributed by atoms with Crippen molar-refractivity contribution in [1.82, 2.24) is 20.4 Å². The van der Waals surface area contributed by atoms with E-state index in [9.17, 15) is 4.79 Å². The first-order valence-electron chi connectivity index (χ1n) is 8.54. The Morgan fingerprint density at radius 2 is 2.42 bits per heavy atom. The van der Waals surface area contributed by atoms with Crippen LogP contribution in [0.4, 0.5) is 0 Å². The Hall–Kier alpha value is -1.73. The predicted molar refractivity (Wildman–Crippen MR) is 93.8 cm³/mol. The van der Waals surface area contributed by atoms with E-state index in [0.717, 1.165) is 31.1 Å².